The van der Waals surface area contributed by atoms with Gasteiger partial charge in [0, 0.05) is 41.3 Å². The van der Waals surface area contributed by atoms with Crippen LogP contribution in [0.5, 0.6) is 0 Å². The van der Waals surface area contributed by atoms with Gasteiger partial charge in [-0.25, -0.2) is 8.78 Å². The first-order valence-corrected chi connectivity index (χ1v) is 16.5. The lowest BCUT2D eigenvalue weighted by molar-refractivity contribution is -0.129. The highest BCUT2D eigenvalue weighted by Crippen LogP contribution is 2.39. The van der Waals surface area contributed by atoms with Crippen LogP contribution in [0, 0.1) is 23.5 Å². The molecule has 0 aliphatic heterocycles. The van der Waals surface area contributed by atoms with Crippen LogP contribution in [-0.2, 0) is 29.2 Å². The van der Waals surface area contributed by atoms with Gasteiger partial charge in [-0.15, -0.1) is 11.3 Å². The highest BCUT2D eigenvalue weighted by molar-refractivity contribution is 7.22. The van der Waals surface area contributed by atoms with Crippen molar-refractivity contribution in [2.75, 3.05) is 12.4 Å². The largest absolute Gasteiger partial charge is 0.334 e. The summed E-state index contributed by atoms with van der Waals surface area (Å²) >= 11 is 1.30. The number of hydrogen-bond donors (Lipinski definition) is 1. The van der Waals surface area contributed by atoms with Gasteiger partial charge in [0.15, 0.2) is 5.78 Å². The van der Waals surface area contributed by atoms with Crippen LogP contribution < -0.4 is 10.7 Å². The van der Waals surface area contributed by atoms with Gasteiger partial charge in [-0.1, -0.05) is 62.4 Å². The first kappa shape index (κ1) is 34.5. The molecule has 5 rings (SSSR count). The molecule has 48 heavy (non-hydrogen) atoms. The molecule has 248 valence electrons. The molecule has 1 atom stereocenters. The Hall–Kier alpha value is -4.80. The number of anilines is 1. The number of nitrogens with zero attached hydrogens (tertiary/aromatic N) is 2. The minimum Gasteiger partial charge on any atom is -0.334 e. The van der Waals surface area contributed by atoms with Crippen molar-refractivity contribution >= 4 is 44.7 Å². The van der Waals surface area contributed by atoms with Gasteiger partial charge in [-0.3, -0.25) is 24.1 Å². The summed E-state index contributed by atoms with van der Waals surface area (Å²) in [4.78, 5) is 55.1. The van der Waals surface area contributed by atoms with Crippen LogP contribution in [-0.4, -0.2) is 34.0 Å². The third kappa shape index (κ3) is 7.35. The molecule has 0 bridgehead atoms. The summed E-state index contributed by atoms with van der Waals surface area (Å²) in [6.45, 7) is 7.00. The number of hydrogen-bond acceptors (Lipinski definition) is 6. The number of rotatable bonds is 12. The van der Waals surface area contributed by atoms with Crippen molar-refractivity contribution in [3.63, 3.8) is 0 Å². The number of thiophene rings is 1. The number of carbonyl (C=O) groups is 3. The van der Waals surface area contributed by atoms with E-state index in [1.165, 1.54) is 42.7 Å². The van der Waals surface area contributed by atoms with Gasteiger partial charge in [0.05, 0.1) is 23.4 Å². The molecule has 5 aromatic rings. The third-order valence-corrected chi connectivity index (χ3v) is 9.65. The topological polar surface area (TPSA) is 88.5 Å². The molecule has 1 N–H and O–H groups in total. The normalized spacial score (nSPS) is 12.1. The highest BCUT2D eigenvalue weighted by Gasteiger charge is 2.26. The van der Waals surface area contributed by atoms with Gasteiger partial charge in [0.25, 0.3) is 0 Å². The van der Waals surface area contributed by atoms with Crippen molar-refractivity contribution in [1.29, 1.82) is 0 Å². The maximum Gasteiger partial charge on any atom is 0.234 e. The fourth-order valence-electron chi connectivity index (χ4n) is 5.50. The minimum absolute atomic E-state index is 0.0387. The molecule has 10 heteroatoms. The Morgan fingerprint density at radius 2 is 1.52 bits per heavy atom. The second-order valence-electron chi connectivity index (χ2n) is 12.4. The van der Waals surface area contributed by atoms with Crippen molar-refractivity contribution in [2.45, 2.75) is 47.3 Å². The maximum absolute atomic E-state index is 14.9. The van der Waals surface area contributed by atoms with Gasteiger partial charge >= 0.3 is 0 Å². The summed E-state index contributed by atoms with van der Waals surface area (Å²) in [5, 5.41) is 3.09. The highest BCUT2D eigenvalue weighted by atomic mass is 32.1. The number of pyridine rings is 1. The van der Waals surface area contributed by atoms with Gasteiger partial charge in [0.2, 0.25) is 11.3 Å². The van der Waals surface area contributed by atoms with Gasteiger partial charge < -0.3 is 9.88 Å². The minimum atomic E-state index is -0.799. The molecule has 0 aliphatic rings. The Morgan fingerprint density at radius 3 is 2.12 bits per heavy atom. The lowest BCUT2D eigenvalue weighted by Gasteiger charge is -2.18. The van der Waals surface area contributed by atoms with Crippen molar-refractivity contribution in [1.82, 2.24) is 9.47 Å². The molecule has 1 unspecified atom stereocenters. The second-order valence-corrected chi connectivity index (χ2v) is 13.4. The second kappa shape index (κ2) is 14.5. The van der Waals surface area contributed by atoms with E-state index in [0.29, 0.717) is 34.6 Å². The fourth-order valence-corrected chi connectivity index (χ4v) is 6.79. The molecule has 1 amide bonds. The van der Waals surface area contributed by atoms with E-state index in [1.807, 2.05) is 49.5 Å². The van der Waals surface area contributed by atoms with E-state index in [9.17, 15) is 28.0 Å². The monoisotopic (exact) mass is 669 g/mol. The van der Waals surface area contributed by atoms with Crippen molar-refractivity contribution in [3.05, 3.63) is 123 Å². The van der Waals surface area contributed by atoms with Crippen LogP contribution >= 0.6 is 11.3 Å². The Bertz CT molecular complexity index is 2030. The molecule has 7 nitrogen and oxygen atoms in total. The Kier molecular flexibility index (Phi) is 10.5. The van der Waals surface area contributed by atoms with Crippen LogP contribution in [0.2, 0.25) is 0 Å². The predicted molar refractivity (Wildman–Crippen MR) is 186 cm³/mol. The number of amides is 1. The molecule has 2 aromatic heterocycles. The van der Waals surface area contributed by atoms with Crippen molar-refractivity contribution in [2.24, 2.45) is 11.8 Å². The molecule has 2 heterocycles. The van der Waals surface area contributed by atoms with Gasteiger partial charge in [-0.05, 0) is 61.9 Å². The quantitative estimate of drug-likeness (QED) is 0.109. The number of aromatic nitrogens is 1. The van der Waals surface area contributed by atoms with Crippen molar-refractivity contribution in [3.8, 4) is 10.4 Å². The fraction of sp³-hybridized carbons (Fsp3) is 0.263. The number of benzene rings is 3. The first-order valence-electron chi connectivity index (χ1n) is 15.7. The third-order valence-electron chi connectivity index (χ3n) is 8.33. The smallest absolute Gasteiger partial charge is 0.234 e. The van der Waals surface area contributed by atoms with E-state index < -0.39 is 34.8 Å². The van der Waals surface area contributed by atoms with E-state index in [1.54, 1.807) is 37.5 Å². The van der Waals surface area contributed by atoms with Crippen LogP contribution in [0.15, 0.2) is 83.8 Å². The number of Topliss-reactive ketones (excluding diaryl/α,β-unsaturated/α-hetero) is 2. The molecule has 0 radical (unpaired) electrons. The van der Waals surface area contributed by atoms with E-state index in [4.69, 9.17) is 0 Å². The molecule has 0 fully saturated rings. The summed E-state index contributed by atoms with van der Waals surface area (Å²) < 4.78 is 31.4. The Labute approximate surface area is 281 Å². The molecule has 0 aliphatic carbocycles. The zero-order valence-electron chi connectivity index (χ0n) is 27.5. The Morgan fingerprint density at radius 1 is 0.875 bits per heavy atom. The van der Waals surface area contributed by atoms with E-state index in [0.717, 1.165) is 16.0 Å². The van der Waals surface area contributed by atoms with E-state index in [2.05, 4.69) is 10.2 Å². The standard InChI is InChI=1S/C38H37F2N3O4S/c1-22(2)34(45)30-21-43(20-28-31(39)12-9-13-32(28)40)38-33(35(30)46)29(19-42(5)18-25-10-7-6-8-11-25)36(48-38)26-14-16-27(17-15-26)41-37(47)23(3)24(4)44/h6-17,21-23H,18-20H2,1-5H3,(H,41,47). The molecular weight excluding hydrogens is 632 g/mol. The number of ketones is 2. The summed E-state index contributed by atoms with van der Waals surface area (Å²) in [6, 6.07) is 20.6. The van der Waals surface area contributed by atoms with Crippen LogP contribution in [0.1, 0.15) is 54.7 Å². The lowest BCUT2D eigenvalue weighted by atomic mass is 9.99. The average molecular weight is 670 g/mol. The maximum atomic E-state index is 14.9. The predicted octanol–water partition coefficient (Wildman–Crippen LogP) is 7.69. The lowest BCUT2D eigenvalue weighted by Crippen LogP contribution is -2.25. The van der Waals surface area contributed by atoms with Gasteiger partial charge in [0.1, 0.15) is 22.2 Å². The molecular formula is C38H37F2N3O4S. The number of carbonyl (C=O) groups excluding carboxylic acids is 3. The molecule has 3 aromatic carbocycles. The molecule has 0 saturated heterocycles. The number of fused-ring (bicyclic) bond motifs is 1. The Balaban J connectivity index is 1.69. The summed E-state index contributed by atoms with van der Waals surface area (Å²) in [7, 11) is 1.94. The molecule has 0 spiro atoms. The zero-order chi connectivity index (χ0) is 34.7. The average Bonchev–Trinajstić information content (AvgIpc) is 3.43. The molecule has 0 saturated carbocycles. The van der Waals surface area contributed by atoms with Crippen LogP contribution in [0.4, 0.5) is 14.5 Å². The van der Waals surface area contributed by atoms with E-state index in [-0.39, 0.29) is 29.2 Å². The summed E-state index contributed by atoms with van der Waals surface area (Å²) in [5.74, 6) is -3.76. The van der Waals surface area contributed by atoms with Crippen LogP contribution in [0.25, 0.3) is 20.7 Å². The number of halogens is 2. The van der Waals surface area contributed by atoms with Crippen molar-refractivity contribution < 1.29 is 23.2 Å². The van der Waals surface area contributed by atoms with Gasteiger partial charge in [-0.2, -0.15) is 0 Å². The van der Waals surface area contributed by atoms with E-state index >= 15 is 0 Å². The summed E-state index contributed by atoms with van der Waals surface area (Å²) in [6.07, 6.45) is 1.42. The number of nitrogens with one attached hydrogen (secondary N) is 1. The first-order chi connectivity index (χ1) is 22.8. The van der Waals surface area contributed by atoms with Crippen LogP contribution in [0.3, 0.4) is 0 Å². The summed E-state index contributed by atoms with van der Waals surface area (Å²) in [5.41, 5.74) is 2.36. The zero-order valence-corrected chi connectivity index (χ0v) is 28.3. The SMILES string of the molecule is CC(=O)C(C)C(=O)Nc1ccc(-c2sc3c(c2CN(C)Cc2ccccc2)c(=O)c(C(=O)C(C)C)cn3Cc2c(F)cccc2F)cc1.